The molecule has 0 aliphatic heterocycles. The Hall–Kier alpha value is -0.120. The van der Waals surface area contributed by atoms with Crippen molar-refractivity contribution in [1.82, 2.24) is 0 Å². The van der Waals surface area contributed by atoms with Crippen molar-refractivity contribution < 1.29 is 9.84 Å². The van der Waals surface area contributed by atoms with Crippen LogP contribution in [0, 0.1) is 5.41 Å². The van der Waals surface area contributed by atoms with E-state index in [2.05, 4.69) is 0 Å². The third-order valence-corrected chi connectivity index (χ3v) is 1.81. The molecule has 0 heterocycles. The second-order valence-corrected chi connectivity index (χ2v) is 4.06. The number of nitrogens with two attached hydrogens (primary N) is 1. The van der Waals surface area contributed by atoms with Gasteiger partial charge in [0.2, 0.25) is 0 Å². The third-order valence-electron chi connectivity index (χ3n) is 1.81. The van der Waals surface area contributed by atoms with E-state index in [0.717, 1.165) is 0 Å². The van der Waals surface area contributed by atoms with E-state index in [1.165, 1.54) is 0 Å². The molecule has 0 fully saturated rings. The molecule has 0 bridgehead atoms. The lowest BCUT2D eigenvalue weighted by Crippen LogP contribution is -2.46. The van der Waals surface area contributed by atoms with Gasteiger partial charge in [-0.1, -0.05) is 20.8 Å². The summed E-state index contributed by atoms with van der Waals surface area (Å²) in [6.07, 6.45) is -0.441. The predicted molar refractivity (Wildman–Crippen MR) is 44.8 cm³/mol. The summed E-state index contributed by atoms with van der Waals surface area (Å²) in [5.74, 6) is -1.17. The van der Waals surface area contributed by atoms with Crippen LogP contribution in [0.2, 0.25) is 0 Å². The van der Waals surface area contributed by atoms with Crippen LogP contribution in [-0.2, 0) is 4.74 Å². The fourth-order valence-electron chi connectivity index (χ4n) is 0.539. The smallest absolute Gasteiger partial charge is 0.169 e. The molecule has 0 aliphatic carbocycles. The maximum absolute atomic E-state index is 9.72. The Labute approximate surface area is 68.5 Å². The molecule has 3 heteroatoms. The van der Waals surface area contributed by atoms with Gasteiger partial charge in [0.15, 0.2) is 5.79 Å². The van der Waals surface area contributed by atoms with Gasteiger partial charge in [0.1, 0.15) is 6.23 Å². The molecule has 0 saturated carbocycles. The molecule has 0 rings (SSSR count). The summed E-state index contributed by atoms with van der Waals surface area (Å²) in [6, 6.07) is 0. The molecule has 0 aromatic carbocycles. The molecule has 0 amide bonds. The Kier molecular flexibility index (Phi) is 3.06. The number of aliphatic hydroxyl groups is 1. The lowest BCUT2D eigenvalue weighted by molar-refractivity contribution is -0.266. The summed E-state index contributed by atoms with van der Waals surface area (Å²) >= 11 is 0. The molecule has 2 unspecified atom stereocenters. The Morgan fingerprint density at radius 3 is 1.73 bits per heavy atom. The van der Waals surface area contributed by atoms with E-state index in [4.69, 9.17) is 10.5 Å². The highest BCUT2D eigenvalue weighted by Crippen LogP contribution is 2.31. The van der Waals surface area contributed by atoms with Crippen LogP contribution in [0.25, 0.3) is 0 Å². The Morgan fingerprint density at radius 1 is 1.27 bits per heavy atom. The minimum absolute atomic E-state index is 0.319. The molecule has 3 N–H and O–H groups in total. The van der Waals surface area contributed by atoms with Crippen molar-refractivity contribution in [3.63, 3.8) is 0 Å². The van der Waals surface area contributed by atoms with Gasteiger partial charge in [-0.2, -0.15) is 0 Å². The molecule has 68 valence electrons. The first-order valence-corrected chi connectivity index (χ1v) is 3.82. The molecule has 2 atom stereocenters. The van der Waals surface area contributed by atoms with Crippen molar-refractivity contribution >= 4 is 0 Å². The number of ether oxygens (including phenoxy) is 1. The molecule has 0 aliphatic rings. The van der Waals surface area contributed by atoms with Gasteiger partial charge in [-0.15, -0.1) is 0 Å². The van der Waals surface area contributed by atoms with Crippen molar-refractivity contribution in [2.45, 2.75) is 46.6 Å². The van der Waals surface area contributed by atoms with Gasteiger partial charge in [0.25, 0.3) is 0 Å². The zero-order chi connectivity index (χ0) is 9.28. The highest BCUT2D eigenvalue weighted by atomic mass is 16.6. The van der Waals surface area contributed by atoms with Crippen LogP contribution < -0.4 is 5.73 Å². The lowest BCUT2D eigenvalue weighted by Gasteiger charge is -2.37. The maximum Gasteiger partial charge on any atom is 0.169 e. The van der Waals surface area contributed by atoms with Crippen LogP contribution in [0.4, 0.5) is 0 Å². The van der Waals surface area contributed by atoms with E-state index in [1.54, 1.807) is 13.8 Å². The zero-order valence-corrected chi connectivity index (χ0v) is 8.01. The van der Waals surface area contributed by atoms with Crippen molar-refractivity contribution in [1.29, 1.82) is 0 Å². The van der Waals surface area contributed by atoms with Crippen molar-refractivity contribution in [3.8, 4) is 0 Å². The number of rotatable bonds is 2. The third kappa shape index (κ3) is 3.18. The SMILES string of the molecule is CC(N)OC(C)(O)C(C)(C)C. The van der Waals surface area contributed by atoms with E-state index < -0.39 is 12.0 Å². The topological polar surface area (TPSA) is 55.5 Å². The van der Waals surface area contributed by atoms with Crippen LogP contribution in [0.3, 0.4) is 0 Å². The van der Waals surface area contributed by atoms with Gasteiger partial charge < -0.3 is 15.6 Å². The Balaban J connectivity index is 4.22. The molecule has 0 radical (unpaired) electrons. The fraction of sp³-hybridized carbons (Fsp3) is 1.00. The minimum Gasteiger partial charge on any atom is -0.365 e. The van der Waals surface area contributed by atoms with Gasteiger partial charge in [-0.05, 0) is 13.8 Å². The van der Waals surface area contributed by atoms with Gasteiger partial charge in [-0.3, -0.25) is 0 Å². The van der Waals surface area contributed by atoms with E-state index >= 15 is 0 Å². The second-order valence-electron chi connectivity index (χ2n) is 4.06. The first kappa shape index (κ1) is 10.9. The lowest BCUT2D eigenvalue weighted by atomic mass is 9.87. The Bertz CT molecular complexity index is 125. The highest BCUT2D eigenvalue weighted by molar-refractivity contribution is 4.77. The van der Waals surface area contributed by atoms with Gasteiger partial charge in [0, 0.05) is 5.41 Å². The van der Waals surface area contributed by atoms with E-state index in [1.807, 2.05) is 20.8 Å². The summed E-state index contributed by atoms with van der Waals surface area (Å²) in [5.41, 5.74) is 5.07. The van der Waals surface area contributed by atoms with Gasteiger partial charge in [0.05, 0.1) is 0 Å². The Morgan fingerprint density at radius 2 is 1.64 bits per heavy atom. The van der Waals surface area contributed by atoms with E-state index in [9.17, 15) is 5.11 Å². The predicted octanol–water partition coefficient (Wildman–Crippen LogP) is 1.06. The molecular formula is C8H19NO2. The van der Waals surface area contributed by atoms with Crippen LogP contribution in [0.5, 0.6) is 0 Å². The summed E-state index contributed by atoms with van der Waals surface area (Å²) in [6.45, 7) is 9.01. The summed E-state index contributed by atoms with van der Waals surface area (Å²) < 4.78 is 5.14. The second kappa shape index (κ2) is 3.09. The molecule has 0 saturated heterocycles. The van der Waals surface area contributed by atoms with Crippen LogP contribution in [0.15, 0.2) is 0 Å². The van der Waals surface area contributed by atoms with E-state index in [-0.39, 0.29) is 5.41 Å². The summed E-state index contributed by atoms with van der Waals surface area (Å²) in [5, 5.41) is 9.72. The molecular weight excluding hydrogens is 142 g/mol. The minimum atomic E-state index is -1.17. The van der Waals surface area contributed by atoms with Crippen molar-refractivity contribution in [2.24, 2.45) is 11.1 Å². The molecule has 3 nitrogen and oxygen atoms in total. The highest BCUT2D eigenvalue weighted by Gasteiger charge is 2.37. The van der Waals surface area contributed by atoms with E-state index in [0.29, 0.717) is 0 Å². The average Bonchev–Trinajstić information content (AvgIpc) is 1.56. The molecule has 0 spiro atoms. The van der Waals surface area contributed by atoms with Crippen LogP contribution in [0.1, 0.15) is 34.6 Å². The monoisotopic (exact) mass is 161 g/mol. The van der Waals surface area contributed by atoms with Crippen LogP contribution >= 0.6 is 0 Å². The summed E-state index contributed by atoms with van der Waals surface area (Å²) in [7, 11) is 0. The number of hydrogen-bond donors (Lipinski definition) is 2. The largest absolute Gasteiger partial charge is 0.365 e. The first-order chi connectivity index (χ1) is 4.67. The van der Waals surface area contributed by atoms with Crippen LogP contribution in [-0.4, -0.2) is 17.1 Å². The molecule has 0 aromatic heterocycles. The van der Waals surface area contributed by atoms with Crippen molar-refractivity contribution in [3.05, 3.63) is 0 Å². The maximum atomic E-state index is 9.72. The standard InChI is InChI=1S/C8H19NO2/c1-6(9)11-8(5,10)7(2,3)4/h6,10H,9H2,1-5H3. The summed E-state index contributed by atoms with van der Waals surface area (Å²) in [4.78, 5) is 0. The zero-order valence-electron chi connectivity index (χ0n) is 8.01. The average molecular weight is 161 g/mol. The fourth-order valence-corrected chi connectivity index (χ4v) is 0.539. The van der Waals surface area contributed by atoms with Gasteiger partial charge in [-0.25, -0.2) is 0 Å². The quantitative estimate of drug-likeness (QED) is 0.595. The van der Waals surface area contributed by atoms with Gasteiger partial charge >= 0.3 is 0 Å². The molecule has 0 aromatic rings. The number of hydrogen-bond acceptors (Lipinski definition) is 3. The first-order valence-electron chi connectivity index (χ1n) is 3.82. The van der Waals surface area contributed by atoms with Crippen molar-refractivity contribution in [2.75, 3.05) is 0 Å². The molecule has 11 heavy (non-hydrogen) atoms. The normalized spacial score (nSPS) is 21.0.